The van der Waals surface area contributed by atoms with Gasteiger partial charge in [-0.05, 0) is 98.8 Å². The summed E-state index contributed by atoms with van der Waals surface area (Å²) in [6.07, 6.45) is 8.70. The van der Waals surface area contributed by atoms with E-state index in [1.54, 1.807) is 0 Å². The topological polar surface area (TPSA) is 40.5 Å². The van der Waals surface area contributed by atoms with Crippen molar-refractivity contribution in [3.05, 3.63) is 41.5 Å². The Labute approximate surface area is 193 Å². The number of carbonyl (C=O) groups excluding carboxylic acids is 1. The minimum Gasteiger partial charge on any atom is -0.378 e. The molecule has 7 atom stereocenters. The summed E-state index contributed by atoms with van der Waals surface area (Å²) >= 11 is 0. The van der Waals surface area contributed by atoms with E-state index in [0.717, 1.165) is 38.5 Å². The van der Waals surface area contributed by atoms with Crippen molar-refractivity contribution in [2.45, 2.75) is 70.3 Å². The maximum atomic E-state index is 12.2. The fourth-order valence-corrected chi connectivity index (χ4v) is 8.09. The molecule has 0 spiro atoms. The maximum absolute atomic E-state index is 12.2. The Hall–Kier alpha value is -2.05. The van der Waals surface area contributed by atoms with Gasteiger partial charge in [0.05, 0.1) is 0 Å². The van der Waals surface area contributed by atoms with Crippen molar-refractivity contribution >= 4 is 11.5 Å². The lowest BCUT2D eigenvalue weighted by molar-refractivity contribution is -0.117. The quantitative estimate of drug-likeness (QED) is 0.643. The lowest BCUT2D eigenvalue weighted by atomic mass is 9.46. The molecule has 0 heterocycles. The molecule has 3 saturated carbocycles. The Bertz CT molecular complexity index is 996. The molecule has 0 unspecified atom stereocenters. The van der Waals surface area contributed by atoms with Gasteiger partial charge in [-0.1, -0.05) is 30.6 Å². The van der Waals surface area contributed by atoms with Crippen LogP contribution in [0.25, 0.3) is 0 Å². The van der Waals surface area contributed by atoms with E-state index in [2.05, 4.69) is 62.0 Å². The second kappa shape index (κ2) is 7.77. The van der Waals surface area contributed by atoms with Crippen LogP contribution in [-0.4, -0.2) is 30.6 Å². The van der Waals surface area contributed by atoms with Crippen LogP contribution in [0.3, 0.4) is 0 Å². The Morgan fingerprint density at radius 3 is 2.50 bits per heavy atom. The first-order valence-corrected chi connectivity index (χ1v) is 12.4. The Balaban J connectivity index is 1.60. The summed E-state index contributed by atoms with van der Waals surface area (Å²) in [6, 6.07) is 9.09. The number of ketones is 1. The van der Waals surface area contributed by atoms with Gasteiger partial charge >= 0.3 is 0 Å². The highest BCUT2D eigenvalue weighted by atomic mass is 16.3. The number of hydrogen-bond donors (Lipinski definition) is 1. The molecule has 3 fully saturated rings. The monoisotopic (exact) mass is 431 g/mol. The molecule has 0 amide bonds. The van der Waals surface area contributed by atoms with Crippen LogP contribution in [-0.2, 0) is 4.79 Å². The van der Waals surface area contributed by atoms with Gasteiger partial charge in [0.1, 0.15) is 5.60 Å². The molecule has 0 radical (unpaired) electrons. The van der Waals surface area contributed by atoms with E-state index in [1.807, 2.05) is 13.0 Å². The van der Waals surface area contributed by atoms with Crippen LogP contribution in [0, 0.1) is 40.9 Å². The first kappa shape index (κ1) is 21.8. The first-order valence-electron chi connectivity index (χ1n) is 12.4. The lowest BCUT2D eigenvalue weighted by Crippen LogP contribution is -2.54. The molecule has 0 saturated heterocycles. The fraction of sp³-hybridized carbons (Fsp3) is 0.621. The summed E-state index contributed by atoms with van der Waals surface area (Å²) in [5.74, 6) is 9.19. The molecule has 1 aromatic carbocycles. The third-order valence-electron chi connectivity index (χ3n) is 9.62. The molecule has 32 heavy (non-hydrogen) atoms. The predicted molar refractivity (Wildman–Crippen MR) is 129 cm³/mol. The summed E-state index contributed by atoms with van der Waals surface area (Å²) in [5.41, 5.74) is 2.93. The SMILES string of the molecule is CC#C[C@]1(O)CC[C@H]2[C@@H]3CCC4=CC(=O)CC[C@@H]4[C@H]3[C@@H](c3ccc(N(C)C)cc3)C[C@@]21C. The van der Waals surface area contributed by atoms with E-state index in [1.165, 1.54) is 16.8 Å². The van der Waals surface area contributed by atoms with Crippen molar-refractivity contribution < 1.29 is 9.90 Å². The summed E-state index contributed by atoms with van der Waals surface area (Å²) < 4.78 is 0. The zero-order valence-corrected chi connectivity index (χ0v) is 20.0. The third-order valence-corrected chi connectivity index (χ3v) is 9.62. The molecular weight excluding hydrogens is 394 g/mol. The number of nitrogens with zero attached hydrogens (tertiary/aromatic N) is 1. The minimum atomic E-state index is -0.891. The van der Waals surface area contributed by atoms with Gasteiger partial charge in [-0.15, -0.1) is 5.92 Å². The fourth-order valence-electron chi connectivity index (χ4n) is 8.09. The zero-order valence-electron chi connectivity index (χ0n) is 20.0. The average Bonchev–Trinajstić information content (AvgIpc) is 3.03. The van der Waals surface area contributed by atoms with Crippen LogP contribution >= 0.6 is 0 Å². The van der Waals surface area contributed by atoms with Gasteiger partial charge in [0, 0.05) is 31.6 Å². The molecule has 4 aliphatic carbocycles. The van der Waals surface area contributed by atoms with Gasteiger partial charge in [0.25, 0.3) is 0 Å². The number of rotatable bonds is 2. The summed E-state index contributed by atoms with van der Waals surface area (Å²) in [6.45, 7) is 4.18. The summed E-state index contributed by atoms with van der Waals surface area (Å²) in [5, 5.41) is 11.7. The van der Waals surface area contributed by atoms with Crippen LogP contribution in [0.2, 0.25) is 0 Å². The van der Waals surface area contributed by atoms with E-state index in [9.17, 15) is 9.90 Å². The third kappa shape index (κ3) is 3.18. The molecule has 3 nitrogen and oxygen atoms in total. The highest BCUT2D eigenvalue weighted by Gasteiger charge is 2.64. The molecule has 4 aliphatic rings. The van der Waals surface area contributed by atoms with Gasteiger partial charge in [0.15, 0.2) is 5.78 Å². The van der Waals surface area contributed by atoms with Crippen LogP contribution < -0.4 is 4.90 Å². The number of hydrogen-bond acceptors (Lipinski definition) is 3. The van der Waals surface area contributed by atoms with E-state index in [4.69, 9.17) is 0 Å². The average molecular weight is 432 g/mol. The Kier molecular flexibility index (Phi) is 5.29. The van der Waals surface area contributed by atoms with E-state index < -0.39 is 5.60 Å². The largest absolute Gasteiger partial charge is 0.378 e. The van der Waals surface area contributed by atoms with Gasteiger partial charge in [0.2, 0.25) is 0 Å². The van der Waals surface area contributed by atoms with Crippen molar-refractivity contribution in [2.75, 3.05) is 19.0 Å². The molecule has 170 valence electrons. The number of allylic oxidation sites excluding steroid dienone is 1. The van der Waals surface area contributed by atoms with Crippen LogP contribution in [0.15, 0.2) is 35.9 Å². The molecule has 0 aliphatic heterocycles. The van der Waals surface area contributed by atoms with Crippen molar-refractivity contribution in [1.29, 1.82) is 0 Å². The summed E-state index contributed by atoms with van der Waals surface area (Å²) in [7, 11) is 4.16. The van der Waals surface area contributed by atoms with Gasteiger partial charge in [-0.3, -0.25) is 4.79 Å². The van der Waals surface area contributed by atoms with Crippen molar-refractivity contribution in [3.8, 4) is 11.8 Å². The van der Waals surface area contributed by atoms with Crippen LogP contribution in [0.1, 0.15) is 70.3 Å². The molecule has 0 aromatic heterocycles. The molecule has 1 N–H and O–H groups in total. The standard InChI is InChI=1S/C29H37NO2/c1-5-15-29(32)16-14-26-24-12-8-20-17-22(31)11-13-23(20)27(24)25(18-28(26,29)2)19-6-9-21(10-7-19)30(3)4/h6-7,9-10,17,23-27,32H,8,11-14,16,18H2,1-4H3/t23-,24-,25+,26-,27+,28-,29-/m0/s1. The first-order chi connectivity index (χ1) is 15.3. The molecule has 3 heteroatoms. The number of benzene rings is 1. The highest BCUT2D eigenvalue weighted by Crippen LogP contribution is 2.68. The maximum Gasteiger partial charge on any atom is 0.155 e. The zero-order chi connectivity index (χ0) is 22.7. The number of anilines is 1. The normalized spacial score (nSPS) is 40.3. The number of carbonyl (C=O) groups is 1. The predicted octanol–water partition coefficient (Wildman–Crippen LogP) is 5.34. The van der Waals surface area contributed by atoms with Crippen LogP contribution in [0.4, 0.5) is 5.69 Å². The van der Waals surface area contributed by atoms with E-state index >= 15 is 0 Å². The smallest absolute Gasteiger partial charge is 0.155 e. The minimum absolute atomic E-state index is 0.187. The van der Waals surface area contributed by atoms with Crippen molar-refractivity contribution in [2.24, 2.45) is 29.1 Å². The molecule has 1 aromatic rings. The molecular formula is C29H37NO2. The number of aliphatic hydroxyl groups is 1. The summed E-state index contributed by atoms with van der Waals surface area (Å²) in [4.78, 5) is 14.3. The Morgan fingerprint density at radius 2 is 1.81 bits per heavy atom. The second-order valence-corrected chi connectivity index (χ2v) is 11.2. The van der Waals surface area contributed by atoms with Gasteiger partial charge in [-0.2, -0.15) is 0 Å². The molecule has 0 bridgehead atoms. The van der Waals surface area contributed by atoms with Crippen molar-refractivity contribution in [1.82, 2.24) is 0 Å². The number of fused-ring (bicyclic) bond motifs is 5. The lowest BCUT2D eigenvalue weighted by Gasteiger charge is -2.58. The highest BCUT2D eigenvalue weighted by molar-refractivity contribution is 5.91. The van der Waals surface area contributed by atoms with E-state index in [-0.39, 0.29) is 5.41 Å². The Morgan fingerprint density at radius 1 is 1.06 bits per heavy atom. The van der Waals surface area contributed by atoms with Crippen LogP contribution in [0.5, 0.6) is 0 Å². The second-order valence-electron chi connectivity index (χ2n) is 11.2. The molecule has 5 rings (SSSR count). The van der Waals surface area contributed by atoms with Gasteiger partial charge in [-0.25, -0.2) is 0 Å². The van der Waals surface area contributed by atoms with E-state index in [0.29, 0.717) is 41.8 Å². The van der Waals surface area contributed by atoms with Gasteiger partial charge < -0.3 is 10.0 Å². The van der Waals surface area contributed by atoms with Crippen molar-refractivity contribution in [3.63, 3.8) is 0 Å².